The highest BCUT2D eigenvalue weighted by atomic mass is 35.5. The summed E-state index contributed by atoms with van der Waals surface area (Å²) in [6.45, 7) is 4.02. The zero-order valence-corrected chi connectivity index (χ0v) is 20.2. The fraction of sp³-hybridized carbons (Fsp3) is 0.458. The molecule has 4 rings (SSSR count). The molecule has 1 aromatic carbocycles. The molecule has 0 saturated heterocycles. The second-order valence-electron chi connectivity index (χ2n) is 8.61. The number of carbonyl (C=O) groups excluding carboxylic acids is 1. The second kappa shape index (κ2) is 9.57. The van der Waals surface area contributed by atoms with Gasteiger partial charge in [0.15, 0.2) is 11.5 Å². The van der Waals surface area contributed by atoms with E-state index in [2.05, 4.69) is 10.5 Å². The third-order valence-electron chi connectivity index (χ3n) is 6.48. The molecule has 1 aliphatic rings. The van der Waals surface area contributed by atoms with Gasteiger partial charge in [0, 0.05) is 25.3 Å². The van der Waals surface area contributed by atoms with Gasteiger partial charge >= 0.3 is 0 Å². The molecule has 8 nitrogen and oxygen atoms in total. The van der Waals surface area contributed by atoms with E-state index >= 15 is 0 Å². The lowest BCUT2D eigenvalue weighted by molar-refractivity contribution is 0.101. The molecule has 0 bridgehead atoms. The number of nitrogens with zero attached hydrogens (tertiary/aromatic N) is 3. The number of nitrogens with one attached hydrogen (secondary N) is 1. The molecule has 1 amide bonds. The fourth-order valence-electron chi connectivity index (χ4n) is 4.58. The zero-order chi connectivity index (χ0) is 23.7. The first-order chi connectivity index (χ1) is 15.8. The lowest BCUT2D eigenvalue weighted by atomic mass is 9.96. The van der Waals surface area contributed by atoms with Crippen molar-refractivity contribution in [1.29, 1.82) is 0 Å². The topological polar surface area (TPSA) is 91.3 Å². The van der Waals surface area contributed by atoms with Crippen LogP contribution in [0.3, 0.4) is 0 Å². The molecule has 1 N–H and O–H groups in total. The van der Waals surface area contributed by atoms with E-state index in [9.17, 15) is 9.59 Å². The molecule has 2 aromatic heterocycles. The monoisotopic (exact) mass is 472 g/mol. The predicted octanol–water partition coefficient (Wildman–Crippen LogP) is 5.02. The number of benzene rings is 1. The SMILES string of the molecule is COCc1ccc(-c2onc(C(=O)Nc3c(C)n(C)n(C4CCCCC4)c3=O)c2C)c(Cl)c1. The number of anilines is 1. The zero-order valence-electron chi connectivity index (χ0n) is 19.4. The maximum atomic E-state index is 13.2. The lowest BCUT2D eigenvalue weighted by Crippen LogP contribution is -2.29. The Morgan fingerprint density at radius 2 is 2.00 bits per heavy atom. The van der Waals surface area contributed by atoms with Crippen LogP contribution in [-0.2, 0) is 18.4 Å². The molecule has 176 valence electrons. The number of hydrogen-bond donors (Lipinski definition) is 1. The van der Waals surface area contributed by atoms with Crippen molar-refractivity contribution in [2.45, 2.75) is 58.6 Å². The number of hydrogen-bond acceptors (Lipinski definition) is 5. The van der Waals surface area contributed by atoms with Gasteiger partial charge in [-0.15, -0.1) is 0 Å². The van der Waals surface area contributed by atoms with E-state index in [1.54, 1.807) is 24.8 Å². The quantitative estimate of drug-likeness (QED) is 0.544. The second-order valence-corrected chi connectivity index (χ2v) is 9.02. The summed E-state index contributed by atoms with van der Waals surface area (Å²) in [6, 6.07) is 5.65. The average molecular weight is 473 g/mol. The van der Waals surface area contributed by atoms with Gasteiger partial charge < -0.3 is 14.6 Å². The van der Waals surface area contributed by atoms with Crippen LogP contribution in [0.25, 0.3) is 11.3 Å². The van der Waals surface area contributed by atoms with Crippen LogP contribution in [0, 0.1) is 13.8 Å². The molecule has 1 fully saturated rings. The minimum absolute atomic E-state index is 0.119. The van der Waals surface area contributed by atoms with E-state index in [4.69, 9.17) is 20.9 Å². The van der Waals surface area contributed by atoms with Crippen LogP contribution in [0.15, 0.2) is 27.5 Å². The maximum absolute atomic E-state index is 13.2. The van der Waals surface area contributed by atoms with Gasteiger partial charge in [-0.1, -0.05) is 42.1 Å². The molecular formula is C24H29ClN4O4. The molecule has 0 aliphatic heterocycles. The minimum atomic E-state index is -0.490. The normalized spacial score (nSPS) is 14.6. The predicted molar refractivity (Wildman–Crippen MR) is 127 cm³/mol. The summed E-state index contributed by atoms with van der Waals surface area (Å²) >= 11 is 6.44. The Hall–Kier alpha value is -2.84. The van der Waals surface area contributed by atoms with Crippen molar-refractivity contribution < 1.29 is 14.1 Å². The Labute approximate surface area is 197 Å². The lowest BCUT2D eigenvalue weighted by Gasteiger charge is -2.24. The summed E-state index contributed by atoms with van der Waals surface area (Å²) in [5, 5.41) is 7.23. The van der Waals surface area contributed by atoms with Crippen LogP contribution < -0.4 is 10.9 Å². The minimum Gasteiger partial charge on any atom is -0.380 e. The third kappa shape index (κ3) is 4.37. The van der Waals surface area contributed by atoms with Gasteiger partial charge in [0.1, 0.15) is 5.69 Å². The molecule has 2 heterocycles. The number of amides is 1. The van der Waals surface area contributed by atoms with Crippen molar-refractivity contribution in [2.75, 3.05) is 12.4 Å². The standard InChI is InChI=1S/C24H29ClN4O4/c1-14-20(27-33-22(14)18-11-10-16(13-32-4)12-19(18)25)23(30)26-21-15(2)28(3)29(24(21)31)17-8-6-5-7-9-17/h10-12,17H,5-9,13H2,1-4H3,(H,26,30). The first kappa shape index (κ1) is 23.3. The molecule has 0 radical (unpaired) electrons. The molecule has 0 spiro atoms. The third-order valence-corrected chi connectivity index (χ3v) is 6.79. The molecular weight excluding hydrogens is 444 g/mol. The van der Waals surface area contributed by atoms with E-state index in [1.165, 1.54) is 6.42 Å². The van der Waals surface area contributed by atoms with Gasteiger partial charge in [-0.25, -0.2) is 4.68 Å². The van der Waals surface area contributed by atoms with Gasteiger partial charge in [0.25, 0.3) is 11.5 Å². The Kier molecular flexibility index (Phi) is 6.76. The Bertz CT molecular complexity index is 1230. The van der Waals surface area contributed by atoms with Gasteiger partial charge in [0.2, 0.25) is 0 Å². The van der Waals surface area contributed by atoms with E-state index in [-0.39, 0.29) is 23.0 Å². The van der Waals surface area contributed by atoms with Crippen LogP contribution in [0.2, 0.25) is 5.02 Å². The number of halogens is 1. The van der Waals surface area contributed by atoms with Gasteiger partial charge in [0.05, 0.1) is 23.4 Å². The summed E-state index contributed by atoms with van der Waals surface area (Å²) in [4.78, 5) is 26.2. The molecule has 0 atom stereocenters. The fourth-order valence-corrected chi connectivity index (χ4v) is 4.87. The molecule has 1 aliphatic carbocycles. The molecule has 33 heavy (non-hydrogen) atoms. The summed E-state index contributed by atoms with van der Waals surface area (Å²) < 4.78 is 14.2. The number of methoxy groups -OCH3 is 1. The van der Waals surface area contributed by atoms with Crippen molar-refractivity contribution in [3.8, 4) is 11.3 Å². The summed E-state index contributed by atoms with van der Waals surface area (Å²) in [6.07, 6.45) is 5.36. The summed E-state index contributed by atoms with van der Waals surface area (Å²) in [5.74, 6) is -0.0743. The average Bonchev–Trinajstić information content (AvgIpc) is 3.27. The van der Waals surface area contributed by atoms with Gasteiger partial charge in [-0.2, -0.15) is 0 Å². The van der Waals surface area contributed by atoms with Crippen molar-refractivity contribution in [3.05, 3.63) is 56.1 Å². The number of carbonyl (C=O) groups is 1. The van der Waals surface area contributed by atoms with Crippen molar-refractivity contribution in [3.63, 3.8) is 0 Å². The van der Waals surface area contributed by atoms with Crippen molar-refractivity contribution >= 4 is 23.2 Å². The van der Waals surface area contributed by atoms with E-state index < -0.39 is 5.91 Å². The first-order valence-electron chi connectivity index (χ1n) is 11.2. The van der Waals surface area contributed by atoms with Crippen molar-refractivity contribution in [1.82, 2.24) is 14.5 Å². The number of ether oxygens (including phenoxy) is 1. The van der Waals surface area contributed by atoms with E-state index in [0.717, 1.165) is 31.2 Å². The van der Waals surface area contributed by atoms with Crippen molar-refractivity contribution in [2.24, 2.45) is 7.05 Å². The molecule has 3 aromatic rings. The highest BCUT2D eigenvalue weighted by Gasteiger charge is 2.27. The van der Waals surface area contributed by atoms with Crippen LogP contribution >= 0.6 is 11.6 Å². The summed E-state index contributed by atoms with van der Waals surface area (Å²) in [7, 11) is 3.47. The Morgan fingerprint density at radius 1 is 1.27 bits per heavy atom. The number of rotatable bonds is 6. The first-order valence-corrected chi connectivity index (χ1v) is 11.5. The largest absolute Gasteiger partial charge is 0.380 e. The van der Waals surface area contributed by atoms with Crippen LogP contribution in [-0.4, -0.2) is 27.5 Å². The van der Waals surface area contributed by atoms with Gasteiger partial charge in [-0.05, 0) is 44.4 Å². The van der Waals surface area contributed by atoms with Crippen LogP contribution in [0.4, 0.5) is 5.69 Å². The van der Waals surface area contributed by atoms with E-state index in [0.29, 0.717) is 34.2 Å². The van der Waals surface area contributed by atoms with Gasteiger partial charge in [-0.3, -0.25) is 14.3 Å². The Morgan fingerprint density at radius 3 is 2.67 bits per heavy atom. The smallest absolute Gasteiger partial charge is 0.291 e. The van der Waals surface area contributed by atoms with Crippen LogP contribution in [0.5, 0.6) is 0 Å². The summed E-state index contributed by atoms with van der Waals surface area (Å²) in [5.41, 5.74) is 3.03. The molecule has 9 heteroatoms. The highest BCUT2D eigenvalue weighted by molar-refractivity contribution is 6.33. The molecule has 0 unspecified atom stereocenters. The number of aromatic nitrogens is 3. The Balaban J connectivity index is 1.61. The van der Waals surface area contributed by atoms with E-state index in [1.807, 2.05) is 30.8 Å². The van der Waals surface area contributed by atoms with Crippen LogP contribution in [0.1, 0.15) is 65.5 Å². The maximum Gasteiger partial charge on any atom is 0.291 e. The highest BCUT2D eigenvalue weighted by Crippen LogP contribution is 2.33. The molecule has 1 saturated carbocycles.